The summed E-state index contributed by atoms with van der Waals surface area (Å²) in [6.45, 7) is 3.14. The summed E-state index contributed by atoms with van der Waals surface area (Å²) in [5.41, 5.74) is 1.90. The average Bonchev–Trinajstić information content (AvgIpc) is 3.19. The minimum absolute atomic E-state index is 0.0971. The summed E-state index contributed by atoms with van der Waals surface area (Å²) in [4.78, 5) is 14.6. The fraction of sp³-hybridized carbons (Fsp3) is 0.500. The van der Waals surface area contributed by atoms with Gasteiger partial charge in [-0.25, -0.2) is 0 Å². The zero-order valence-electron chi connectivity index (χ0n) is 12.9. The largest absolute Gasteiger partial charge is 0.469 e. The second-order valence-corrected chi connectivity index (χ2v) is 5.75. The van der Waals surface area contributed by atoms with Crippen molar-refractivity contribution >= 4 is 5.91 Å². The summed E-state index contributed by atoms with van der Waals surface area (Å²) < 4.78 is 11.1. The summed E-state index contributed by atoms with van der Waals surface area (Å²) in [6, 6.07) is 3.78. The van der Waals surface area contributed by atoms with E-state index in [2.05, 4.69) is 10.2 Å². The van der Waals surface area contributed by atoms with E-state index in [-0.39, 0.29) is 17.9 Å². The molecule has 6 heteroatoms. The quantitative estimate of drug-likeness (QED) is 0.941. The number of aryl methyl sites for hydroxylation is 1. The maximum absolute atomic E-state index is 12.8. The van der Waals surface area contributed by atoms with Crippen LogP contribution in [0, 0.1) is 12.8 Å². The molecule has 0 aliphatic carbocycles. The van der Waals surface area contributed by atoms with Gasteiger partial charge in [-0.05, 0) is 31.9 Å². The maximum atomic E-state index is 12.8. The van der Waals surface area contributed by atoms with E-state index in [1.54, 1.807) is 17.4 Å². The molecule has 1 saturated heterocycles. The number of hydrogen-bond acceptors (Lipinski definition) is 4. The molecule has 2 aromatic rings. The Labute approximate surface area is 129 Å². The zero-order chi connectivity index (χ0) is 15.5. The van der Waals surface area contributed by atoms with Gasteiger partial charge in [-0.15, -0.1) is 0 Å². The Morgan fingerprint density at radius 2 is 2.36 bits per heavy atom. The number of nitrogens with zero attached hydrogens (tertiary/aromatic N) is 2. The number of amides is 1. The fourth-order valence-electron chi connectivity index (χ4n) is 2.96. The lowest BCUT2D eigenvalue weighted by Crippen LogP contribution is -2.38. The molecule has 1 fully saturated rings. The van der Waals surface area contributed by atoms with Crippen LogP contribution in [0.25, 0.3) is 0 Å². The van der Waals surface area contributed by atoms with Gasteiger partial charge >= 0.3 is 0 Å². The standard InChI is InChI=1S/C16H21N3O3/c1-11-12(6-9-21-11)10-19(2)16(20)13-4-3-8-22-15(13)14-5-7-17-18-14/h5-7,9,13,15H,3-4,8,10H2,1-2H3,(H,17,18)/t13-,15-/m1/s1. The van der Waals surface area contributed by atoms with Gasteiger partial charge in [-0.2, -0.15) is 5.10 Å². The topological polar surface area (TPSA) is 71.4 Å². The van der Waals surface area contributed by atoms with Gasteiger partial charge in [0, 0.05) is 32.0 Å². The number of rotatable bonds is 4. The minimum atomic E-state index is -0.239. The predicted molar refractivity (Wildman–Crippen MR) is 79.9 cm³/mol. The van der Waals surface area contributed by atoms with E-state index in [0.29, 0.717) is 13.2 Å². The first-order chi connectivity index (χ1) is 10.7. The van der Waals surface area contributed by atoms with Crippen LogP contribution in [0.2, 0.25) is 0 Å². The van der Waals surface area contributed by atoms with Crippen LogP contribution in [0.4, 0.5) is 0 Å². The molecule has 1 amide bonds. The SMILES string of the molecule is Cc1occc1CN(C)C(=O)[C@@H]1CCCO[C@H]1c1ccn[nH]1. The first-order valence-electron chi connectivity index (χ1n) is 7.55. The van der Waals surface area contributed by atoms with Gasteiger partial charge in [0.1, 0.15) is 11.9 Å². The third-order valence-electron chi connectivity index (χ3n) is 4.22. The van der Waals surface area contributed by atoms with Crippen molar-refractivity contribution in [3.05, 3.63) is 41.6 Å². The highest BCUT2D eigenvalue weighted by molar-refractivity contribution is 5.79. The maximum Gasteiger partial charge on any atom is 0.228 e. The first kappa shape index (κ1) is 14.8. The summed E-state index contributed by atoms with van der Waals surface area (Å²) in [6.07, 6.45) is 4.83. The molecule has 0 spiro atoms. The van der Waals surface area contributed by atoms with Gasteiger partial charge in [0.25, 0.3) is 0 Å². The van der Waals surface area contributed by atoms with Crippen LogP contribution in [-0.4, -0.2) is 34.7 Å². The number of carbonyl (C=O) groups excluding carboxylic acids is 1. The number of aromatic amines is 1. The summed E-state index contributed by atoms with van der Waals surface area (Å²) in [5, 5.41) is 6.89. The van der Waals surface area contributed by atoms with Crippen LogP contribution in [0.15, 0.2) is 29.0 Å². The van der Waals surface area contributed by atoms with Crippen LogP contribution in [0.5, 0.6) is 0 Å². The van der Waals surface area contributed by atoms with Crippen molar-refractivity contribution in [2.75, 3.05) is 13.7 Å². The molecule has 1 N–H and O–H groups in total. The Morgan fingerprint density at radius 3 is 3.05 bits per heavy atom. The Hall–Kier alpha value is -2.08. The van der Waals surface area contributed by atoms with Crippen molar-refractivity contribution in [3.8, 4) is 0 Å². The van der Waals surface area contributed by atoms with E-state index in [1.807, 2.05) is 26.1 Å². The van der Waals surface area contributed by atoms with Crippen LogP contribution in [0.3, 0.4) is 0 Å². The van der Waals surface area contributed by atoms with Gasteiger partial charge in [-0.3, -0.25) is 9.89 Å². The second kappa shape index (κ2) is 6.36. The zero-order valence-corrected chi connectivity index (χ0v) is 12.9. The summed E-state index contributed by atoms with van der Waals surface area (Å²) in [5.74, 6) is 0.774. The van der Waals surface area contributed by atoms with Gasteiger partial charge in [-0.1, -0.05) is 0 Å². The molecule has 0 saturated carbocycles. The van der Waals surface area contributed by atoms with Crippen LogP contribution < -0.4 is 0 Å². The Balaban J connectivity index is 1.73. The highest BCUT2D eigenvalue weighted by Gasteiger charge is 2.35. The number of nitrogens with one attached hydrogen (secondary N) is 1. The summed E-state index contributed by atoms with van der Waals surface area (Å²) in [7, 11) is 1.83. The molecule has 2 atom stereocenters. The van der Waals surface area contributed by atoms with E-state index < -0.39 is 0 Å². The van der Waals surface area contributed by atoms with E-state index in [9.17, 15) is 4.79 Å². The Kier molecular flexibility index (Phi) is 4.29. The van der Waals surface area contributed by atoms with Gasteiger partial charge in [0.05, 0.1) is 17.9 Å². The van der Waals surface area contributed by atoms with Crippen molar-refractivity contribution in [3.63, 3.8) is 0 Å². The number of hydrogen-bond donors (Lipinski definition) is 1. The van der Waals surface area contributed by atoms with Crippen molar-refractivity contribution in [1.29, 1.82) is 0 Å². The Bertz CT molecular complexity index is 620. The monoisotopic (exact) mass is 303 g/mol. The van der Waals surface area contributed by atoms with Crippen LogP contribution >= 0.6 is 0 Å². The molecule has 118 valence electrons. The molecule has 0 aromatic carbocycles. The molecular formula is C16H21N3O3. The molecule has 0 radical (unpaired) electrons. The molecule has 0 unspecified atom stereocenters. The van der Waals surface area contributed by atoms with Crippen molar-refractivity contribution in [2.24, 2.45) is 5.92 Å². The number of aromatic nitrogens is 2. The first-order valence-corrected chi connectivity index (χ1v) is 7.55. The fourth-order valence-corrected chi connectivity index (χ4v) is 2.96. The molecule has 1 aliphatic heterocycles. The van der Waals surface area contributed by atoms with Gasteiger partial charge < -0.3 is 14.1 Å². The lowest BCUT2D eigenvalue weighted by molar-refractivity contribution is -0.145. The second-order valence-electron chi connectivity index (χ2n) is 5.75. The van der Waals surface area contributed by atoms with E-state index in [0.717, 1.165) is 29.9 Å². The molecule has 2 aromatic heterocycles. The van der Waals surface area contributed by atoms with E-state index in [4.69, 9.17) is 9.15 Å². The normalized spacial score (nSPS) is 21.7. The molecule has 1 aliphatic rings. The summed E-state index contributed by atoms with van der Waals surface area (Å²) >= 11 is 0. The van der Waals surface area contributed by atoms with Gasteiger partial charge in [0.2, 0.25) is 5.91 Å². The highest BCUT2D eigenvalue weighted by atomic mass is 16.5. The Morgan fingerprint density at radius 1 is 1.50 bits per heavy atom. The number of carbonyl (C=O) groups is 1. The number of H-pyrrole nitrogens is 1. The lowest BCUT2D eigenvalue weighted by atomic mass is 9.91. The molecule has 0 bridgehead atoms. The van der Waals surface area contributed by atoms with Crippen LogP contribution in [0.1, 0.15) is 36.0 Å². The molecule has 3 rings (SSSR count). The third-order valence-corrected chi connectivity index (χ3v) is 4.22. The smallest absolute Gasteiger partial charge is 0.228 e. The third kappa shape index (κ3) is 2.92. The van der Waals surface area contributed by atoms with Crippen LogP contribution in [-0.2, 0) is 16.1 Å². The van der Waals surface area contributed by atoms with E-state index >= 15 is 0 Å². The number of ether oxygens (including phenoxy) is 1. The lowest BCUT2D eigenvalue weighted by Gasteiger charge is -2.32. The molecule has 3 heterocycles. The predicted octanol–water partition coefficient (Wildman–Crippen LogP) is 2.44. The number of furan rings is 1. The van der Waals surface area contributed by atoms with Crippen molar-refractivity contribution in [1.82, 2.24) is 15.1 Å². The van der Waals surface area contributed by atoms with Gasteiger partial charge in [0.15, 0.2) is 0 Å². The highest BCUT2D eigenvalue weighted by Crippen LogP contribution is 2.34. The van der Waals surface area contributed by atoms with Crippen molar-refractivity contribution < 1.29 is 13.9 Å². The average molecular weight is 303 g/mol. The van der Waals surface area contributed by atoms with Crippen molar-refractivity contribution in [2.45, 2.75) is 32.4 Å². The van der Waals surface area contributed by atoms with E-state index in [1.165, 1.54) is 0 Å². The minimum Gasteiger partial charge on any atom is -0.469 e. The molecular weight excluding hydrogens is 282 g/mol. The molecule has 22 heavy (non-hydrogen) atoms. The molecule has 6 nitrogen and oxygen atoms in total.